The van der Waals surface area contributed by atoms with Crippen molar-refractivity contribution in [2.75, 3.05) is 44.1 Å². The molecule has 0 aliphatic carbocycles. The van der Waals surface area contributed by atoms with Crippen LogP contribution >= 0.6 is 36.4 Å². The van der Waals surface area contributed by atoms with Crippen LogP contribution in [0.2, 0.25) is 5.02 Å². The first-order chi connectivity index (χ1) is 9.58. The summed E-state index contributed by atoms with van der Waals surface area (Å²) in [5.74, 6) is -0.0432. The molecule has 0 radical (unpaired) electrons. The normalized spacial score (nSPS) is 17.0. The molecule has 1 aromatic carbocycles. The molecule has 1 aromatic rings. The number of hydrogen-bond donors (Lipinski definition) is 2. The van der Waals surface area contributed by atoms with Crippen molar-refractivity contribution >= 4 is 53.7 Å². The number of benzene rings is 1. The van der Waals surface area contributed by atoms with Crippen molar-refractivity contribution in [3.05, 3.63) is 23.2 Å². The van der Waals surface area contributed by atoms with Gasteiger partial charge in [-0.15, -0.1) is 24.8 Å². The number of amides is 1. The zero-order chi connectivity index (χ0) is 14.5. The lowest BCUT2D eigenvalue weighted by Gasteiger charge is -2.24. The van der Waals surface area contributed by atoms with Crippen LogP contribution in [-0.4, -0.2) is 45.8 Å². The van der Waals surface area contributed by atoms with Crippen LogP contribution in [0.5, 0.6) is 0 Å². The number of anilines is 2. The van der Waals surface area contributed by atoms with E-state index in [0.29, 0.717) is 24.7 Å². The summed E-state index contributed by atoms with van der Waals surface area (Å²) in [6.07, 6.45) is 0.388. The highest BCUT2D eigenvalue weighted by molar-refractivity contribution is 6.34. The lowest BCUT2D eigenvalue weighted by molar-refractivity contribution is -0.117. The van der Waals surface area contributed by atoms with Crippen molar-refractivity contribution < 1.29 is 9.53 Å². The second-order valence-corrected chi connectivity index (χ2v) is 5.42. The standard InChI is InChI=1S/C14H20ClN3O2.2ClH/c1-18(2)14-11(15)4-3-5-12(14)17-13(19)8-10-9-20-7-6-16-10;;/h3-5,10,16H,6-9H2,1-2H3,(H,17,19);2*1H. The van der Waals surface area contributed by atoms with Gasteiger partial charge in [-0.05, 0) is 12.1 Å². The van der Waals surface area contributed by atoms with E-state index in [2.05, 4.69) is 10.6 Å². The minimum atomic E-state index is -0.0432. The Kier molecular flexibility index (Phi) is 9.80. The molecule has 1 aliphatic heterocycles. The molecule has 1 saturated heterocycles. The predicted octanol–water partition coefficient (Wildman–Crippen LogP) is 2.57. The Hall–Kier alpha value is -0.720. The first-order valence-corrected chi connectivity index (χ1v) is 7.02. The van der Waals surface area contributed by atoms with Crippen LogP contribution in [-0.2, 0) is 9.53 Å². The number of hydrogen-bond acceptors (Lipinski definition) is 4. The van der Waals surface area contributed by atoms with E-state index in [4.69, 9.17) is 16.3 Å². The van der Waals surface area contributed by atoms with E-state index in [0.717, 1.165) is 17.9 Å². The Morgan fingerprint density at radius 2 is 2.18 bits per heavy atom. The third kappa shape index (κ3) is 5.82. The van der Waals surface area contributed by atoms with Crippen molar-refractivity contribution in [3.8, 4) is 0 Å². The van der Waals surface area contributed by atoms with Crippen molar-refractivity contribution in [2.24, 2.45) is 0 Å². The molecule has 2 rings (SSSR count). The second kappa shape index (κ2) is 10.1. The maximum Gasteiger partial charge on any atom is 0.226 e. The smallest absolute Gasteiger partial charge is 0.226 e. The van der Waals surface area contributed by atoms with Crippen molar-refractivity contribution in [2.45, 2.75) is 12.5 Å². The van der Waals surface area contributed by atoms with Gasteiger partial charge in [0.2, 0.25) is 5.91 Å². The molecule has 1 unspecified atom stereocenters. The van der Waals surface area contributed by atoms with Crippen LogP contribution < -0.4 is 15.5 Å². The Balaban J connectivity index is 0.00000220. The van der Waals surface area contributed by atoms with Gasteiger partial charge in [-0.3, -0.25) is 4.79 Å². The molecule has 1 fully saturated rings. The molecular weight excluding hydrogens is 349 g/mol. The van der Waals surface area contributed by atoms with Gasteiger partial charge >= 0.3 is 0 Å². The largest absolute Gasteiger partial charge is 0.378 e. The van der Waals surface area contributed by atoms with Gasteiger partial charge in [0.15, 0.2) is 0 Å². The fourth-order valence-electron chi connectivity index (χ4n) is 2.25. The lowest BCUT2D eigenvalue weighted by atomic mass is 10.2. The highest BCUT2D eigenvalue weighted by atomic mass is 35.5. The lowest BCUT2D eigenvalue weighted by Crippen LogP contribution is -2.43. The van der Waals surface area contributed by atoms with E-state index in [-0.39, 0.29) is 36.8 Å². The molecule has 8 heteroatoms. The van der Waals surface area contributed by atoms with E-state index in [1.165, 1.54) is 0 Å². The van der Waals surface area contributed by atoms with Gasteiger partial charge in [0.05, 0.1) is 29.6 Å². The monoisotopic (exact) mass is 369 g/mol. The van der Waals surface area contributed by atoms with Crippen LogP contribution in [0.3, 0.4) is 0 Å². The van der Waals surface area contributed by atoms with Crippen LogP contribution in [0.1, 0.15) is 6.42 Å². The molecule has 2 N–H and O–H groups in total. The number of ether oxygens (including phenoxy) is 1. The first-order valence-electron chi connectivity index (χ1n) is 6.64. The van der Waals surface area contributed by atoms with Crippen LogP contribution in [0.25, 0.3) is 0 Å². The van der Waals surface area contributed by atoms with E-state index in [1.807, 2.05) is 37.2 Å². The molecule has 1 heterocycles. The van der Waals surface area contributed by atoms with Crippen LogP contribution in [0.15, 0.2) is 18.2 Å². The number of rotatable bonds is 4. The number of para-hydroxylation sites is 1. The fourth-order valence-corrected chi connectivity index (χ4v) is 2.59. The number of carbonyl (C=O) groups excluding carboxylic acids is 1. The average molecular weight is 371 g/mol. The van der Waals surface area contributed by atoms with Gasteiger partial charge in [0.1, 0.15) is 0 Å². The Morgan fingerprint density at radius 3 is 2.77 bits per heavy atom. The van der Waals surface area contributed by atoms with Crippen LogP contribution in [0.4, 0.5) is 11.4 Å². The SMILES string of the molecule is CN(C)c1c(Cl)cccc1NC(=O)CC1COCCN1.Cl.Cl. The van der Waals surface area contributed by atoms with Crippen molar-refractivity contribution in [3.63, 3.8) is 0 Å². The molecule has 0 aromatic heterocycles. The molecule has 0 bridgehead atoms. The predicted molar refractivity (Wildman–Crippen MR) is 96.1 cm³/mol. The third-order valence-corrected chi connectivity index (χ3v) is 3.44. The summed E-state index contributed by atoms with van der Waals surface area (Å²) in [4.78, 5) is 14.0. The molecule has 0 spiro atoms. The molecule has 1 atom stereocenters. The number of carbonyl (C=O) groups is 1. The topological polar surface area (TPSA) is 53.6 Å². The van der Waals surface area contributed by atoms with Gasteiger partial charge in [-0.25, -0.2) is 0 Å². The van der Waals surface area contributed by atoms with Gasteiger partial charge in [0, 0.05) is 33.1 Å². The van der Waals surface area contributed by atoms with E-state index in [1.54, 1.807) is 0 Å². The zero-order valence-corrected chi connectivity index (χ0v) is 15.0. The number of morpholine rings is 1. The van der Waals surface area contributed by atoms with Crippen molar-refractivity contribution in [1.82, 2.24) is 5.32 Å². The molecule has 0 saturated carbocycles. The zero-order valence-electron chi connectivity index (χ0n) is 12.6. The van der Waals surface area contributed by atoms with Gasteiger partial charge in [-0.2, -0.15) is 0 Å². The quantitative estimate of drug-likeness (QED) is 0.855. The summed E-state index contributed by atoms with van der Waals surface area (Å²) < 4.78 is 5.34. The van der Waals surface area contributed by atoms with Gasteiger partial charge in [-0.1, -0.05) is 17.7 Å². The molecule has 22 heavy (non-hydrogen) atoms. The maximum absolute atomic E-state index is 12.1. The maximum atomic E-state index is 12.1. The fraction of sp³-hybridized carbons (Fsp3) is 0.500. The molecule has 1 aliphatic rings. The molecule has 1 amide bonds. The molecule has 126 valence electrons. The summed E-state index contributed by atoms with van der Waals surface area (Å²) in [7, 11) is 3.79. The Labute approximate surface area is 148 Å². The average Bonchev–Trinajstić information content (AvgIpc) is 2.39. The second-order valence-electron chi connectivity index (χ2n) is 5.01. The highest BCUT2D eigenvalue weighted by Crippen LogP contribution is 2.32. The summed E-state index contributed by atoms with van der Waals surface area (Å²) in [5, 5.41) is 6.80. The minimum absolute atomic E-state index is 0. The van der Waals surface area contributed by atoms with Gasteiger partial charge in [0.25, 0.3) is 0 Å². The van der Waals surface area contributed by atoms with E-state index >= 15 is 0 Å². The number of halogens is 3. The third-order valence-electron chi connectivity index (χ3n) is 3.14. The van der Waals surface area contributed by atoms with Crippen molar-refractivity contribution in [1.29, 1.82) is 0 Å². The summed E-state index contributed by atoms with van der Waals surface area (Å²) in [5.41, 5.74) is 1.54. The summed E-state index contributed by atoms with van der Waals surface area (Å²) in [6.45, 7) is 2.07. The molecule has 5 nitrogen and oxygen atoms in total. The summed E-state index contributed by atoms with van der Waals surface area (Å²) in [6, 6.07) is 5.56. The van der Waals surface area contributed by atoms with Crippen LogP contribution in [0, 0.1) is 0 Å². The summed E-state index contributed by atoms with van der Waals surface area (Å²) >= 11 is 6.17. The van der Waals surface area contributed by atoms with Gasteiger partial charge < -0.3 is 20.3 Å². The van der Waals surface area contributed by atoms with E-state index < -0.39 is 0 Å². The number of nitrogens with zero attached hydrogens (tertiary/aromatic N) is 1. The number of nitrogens with one attached hydrogen (secondary N) is 2. The highest BCUT2D eigenvalue weighted by Gasteiger charge is 2.18. The minimum Gasteiger partial charge on any atom is -0.378 e. The Bertz CT molecular complexity index is 480. The first kappa shape index (κ1) is 21.3. The molecular formula is C14H22Cl3N3O2. The van der Waals surface area contributed by atoms with E-state index in [9.17, 15) is 4.79 Å². The Morgan fingerprint density at radius 1 is 1.45 bits per heavy atom.